The van der Waals surface area contributed by atoms with Crippen LogP contribution in [-0.4, -0.2) is 52.7 Å². The molecule has 5 nitrogen and oxygen atoms in total. The molecular weight excluding hydrogens is 300 g/mol. The Labute approximate surface area is 130 Å². The summed E-state index contributed by atoms with van der Waals surface area (Å²) in [6, 6.07) is 12.9. The second-order valence-electron chi connectivity index (χ2n) is 5.33. The number of hydrogen-bond donors (Lipinski definition) is 1. The molecule has 1 aliphatic rings. The van der Waals surface area contributed by atoms with Gasteiger partial charge in [-0.25, -0.2) is 13.1 Å². The van der Waals surface area contributed by atoms with Gasteiger partial charge in [-0.05, 0) is 11.5 Å². The van der Waals surface area contributed by atoms with Crippen molar-refractivity contribution in [3.63, 3.8) is 0 Å². The average molecular weight is 320 g/mol. The Morgan fingerprint density at radius 3 is 2.59 bits per heavy atom. The van der Waals surface area contributed by atoms with Crippen molar-refractivity contribution in [3.8, 4) is 0 Å². The number of rotatable bonds is 5. The first-order chi connectivity index (χ1) is 10.7. The minimum atomic E-state index is -3.50. The monoisotopic (exact) mass is 320 g/mol. The molecule has 1 saturated heterocycles. The molecule has 2 aromatic carbocycles. The van der Waals surface area contributed by atoms with Gasteiger partial charge in [-0.15, -0.1) is 0 Å². The lowest BCUT2D eigenvalue weighted by Gasteiger charge is -2.26. The molecule has 1 fully saturated rings. The average Bonchev–Trinajstić information content (AvgIpc) is 2.55. The third kappa shape index (κ3) is 3.47. The predicted molar refractivity (Wildman–Crippen MR) is 86.4 cm³/mol. The number of ether oxygens (including phenoxy) is 1. The standard InChI is InChI=1S/C16H20N2O3S/c19-22(20,17-8-9-18-10-12-21-13-11-18)16-7-3-5-14-4-1-2-6-15(14)16/h1-7,17H,8-13H2. The summed E-state index contributed by atoms with van der Waals surface area (Å²) in [6.07, 6.45) is 0. The number of morpholine rings is 1. The molecule has 0 bridgehead atoms. The molecular formula is C16H20N2O3S. The lowest BCUT2D eigenvalue weighted by molar-refractivity contribution is 0.0390. The fourth-order valence-electron chi connectivity index (χ4n) is 2.67. The lowest BCUT2D eigenvalue weighted by atomic mass is 10.1. The predicted octanol–water partition coefficient (Wildman–Crippen LogP) is 1.45. The largest absolute Gasteiger partial charge is 0.379 e. The maximum absolute atomic E-state index is 12.5. The molecule has 0 aromatic heterocycles. The van der Waals surface area contributed by atoms with Gasteiger partial charge in [0, 0.05) is 31.6 Å². The summed E-state index contributed by atoms with van der Waals surface area (Å²) in [5.41, 5.74) is 0. The van der Waals surface area contributed by atoms with E-state index in [2.05, 4.69) is 9.62 Å². The van der Waals surface area contributed by atoms with E-state index in [9.17, 15) is 8.42 Å². The number of sulfonamides is 1. The fraction of sp³-hybridized carbons (Fsp3) is 0.375. The zero-order valence-corrected chi connectivity index (χ0v) is 13.2. The van der Waals surface area contributed by atoms with Gasteiger partial charge in [0.15, 0.2) is 0 Å². The molecule has 0 spiro atoms. The van der Waals surface area contributed by atoms with Crippen molar-refractivity contribution in [2.24, 2.45) is 0 Å². The highest BCUT2D eigenvalue weighted by Gasteiger charge is 2.17. The van der Waals surface area contributed by atoms with Gasteiger partial charge in [-0.1, -0.05) is 36.4 Å². The minimum Gasteiger partial charge on any atom is -0.379 e. The maximum atomic E-state index is 12.5. The SMILES string of the molecule is O=S(=O)(NCCN1CCOCC1)c1cccc2ccccc12. The van der Waals surface area contributed by atoms with Gasteiger partial charge in [0.1, 0.15) is 0 Å². The normalized spacial score (nSPS) is 16.9. The Kier molecular flexibility index (Phi) is 4.73. The molecule has 1 aliphatic heterocycles. The van der Waals surface area contributed by atoms with E-state index in [4.69, 9.17) is 4.74 Å². The van der Waals surface area contributed by atoms with E-state index >= 15 is 0 Å². The molecule has 2 aromatic rings. The number of nitrogens with one attached hydrogen (secondary N) is 1. The van der Waals surface area contributed by atoms with E-state index in [1.54, 1.807) is 12.1 Å². The molecule has 6 heteroatoms. The second-order valence-corrected chi connectivity index (χ2v) is 7.06. The highest BCUT2D eigenvalue weighted by Crippen LogP contribution is 2.22. The van der Waals surface area contributed by atoms with Gasteiger partial charge in [-0.2, -0.15) is 0 Å². The number of benzene rings is 2. The van der Waals surface area contributed by atoms with E-state index in [0.717, 1.165) is 37.1 Å². The molecule has 118 valence electrons. The van der Waals surface area contributed by atoms with Gasteiger partial charge >= 0.3 is 0 Å². The van der Waals surface area contributed by atoms with Crippen LogP contribution in [0.4, 0.5) is 0 Å². The van der Waals surface area contributed by atoms with Crippen LogP contribution in [0.3, 0.4) is 0 Å². The highest BCUT2D eigenvalue weighted by molar-refractivity contribution is 7.89. The van der Waals surface area contributed by atoms with Gasteiger partial charge in [0.25, 0.3) is 0 Å². The van der Waals surface area contributed by atoms with Crippen molar-refractivity contribution in [1.82, 2.24) is 9.62 Å². The summed E-state index contributed by atoms with van der Waals surface area (Å²) in [6.45, 7) is 4.26. The van der Waals surface area contributed by atoms with Crippen molar-refractivity contribution in [3.05, 3.63) is 42.5 Å². The first-order valence-electron chi connectivity index (χ1n) is 7.44. The van der Waals surface area contributed by atoms with Crippen LogP contribution in [0, 0.1) is 0 Å². The first kappa shape index (κ1) is 15.4. The van der Waals surface area contributed by atoms with Crippen LogP contribution in [0.25, 0.3) is 10.8 Å². The van der Waals surface area contributed by atoms with Crippen molar-refractivity contribution in [2.45, 2.75) is 4.90 Å². The van der Waals surface area contributed by atoms with Gasteiger partial charge in [-0.3, -0.25) is 4.90 Å². The Morgan fingerprint density at radius 2 is 1.77 bits per heavy atom. The molecule has 0 aliphatic carbocycles. The van der Waals surface area contributed by atoms with Crippen LogP contribution in [0.2, 0.25) is 0 Å². The smallest absolute Gasteiger partial charge is 0.241 e. The van der Waals surface area contributed by atoms with E-state index in [1.807, 2.05) is 30.3 Å². The Morgan fingerprint density at radius 1 is 1.05 bits per heavy atom. The third-order valence-electron chi connectivity index (χ3n) is 3.86. The number of fused-ring (bicyclic) bond motifs is 1. The van der Waals surface area contributed by atoms with Crippen LogP contribution in [-0.2, 0) is 14.8 Å². The molecule has 0 radical (unpaired) electrons. The van der Waals surface area contributed by atoms with Crippen molar-refractivity contribution in [2.75, 3.05) is 39.4 Å². The molecule has 1 heterocycles. The molecule has 3 rings (SSSR count). The third-order valence-corrected chi connectivity index (χ3v) is 5.38. The summed E-state index contributed by atoms with van der Waals surface area (Å²) < 4.78 is 33.1. The Hall–Kier alpha value is -1.47. The first-order valence-corrected chi connectivity index (χ1v) is 8.93. The molecule has 0 saturated carbocycles. The minimum absolute atomic E-state index is 0.340. The molecule has 22 heavy (non-hydrogen) atoms. The van der Waals surface area contributed by atoms with Crippen molar-refractivity contribution in [1.29, 1.82) is 0 Å². The lowest BCUT2D eigenvalue weighted by Crippen LogP contribution is -2.41. The van der Waals surface area contributed by atoms with Gasteiger partial charge in [0.2, 0.25) is 10.0 Å². The number of hydrogen-bond acceptors (Lipinski definition) is 4. The fourth-order valence-corrected chi connectivity index (χ4v) is 3.92. The van der Waals surface area contributed by atoms with E-state index in [1.165, 1.54) is 0 Å². The zero-order chi connectivity index (χ0) is 15.4. The second kappa shape index (κ2) is 6.75. The molecule has 0 atom stereocenters. The molecule has 0 amide bonds. The van der Waals surface area contributed by atoms with E-state index < -0.39 is 10.0 Å². The quantitative estimate of drug-likeness (QED) is 0.906. The van der Waals surface area contributed by atoms with Crippen LogP contribution < -0.4 is 4.72 Å². The summed E-state index contributed by atoms with van der Waals surface area (Å²) >= 11 is 0. The van der Waals surface area contributed by atoms with Crippen molar-refractivity contribution < 1.29 is 13.2 Å². The Balaban J connectivity index is 1.71. The van der Waals surface area contributed by atoms with E-state index in [-0.39, 0.29) is 0 Å². The molecule has 0 unspecified atom stereocenters. The summed E-state index contributed by atoms with van der Waals surface area (Å²) in [5.74, 6) is 0. The summed E-state index contributed by atoms with van der Waals surface area (Å²) in [5, 5.41) is 1.68. The number of nitrogens with zero attached hydrogens (tertiary/aromatic N) is 1. The topological polar surface area (TPSA) is 58.6 Å². The molecule has 1 N–H and O–H groups in total. The van der Waals surface area contributed by atoms with Crippen LogP contribution in [0.5, 0.6) is 0 Å². The van der Waals surface area contributed by atoms with Gasteiger partial charge in [0.05, 0.1) is 18.1 Å². The van der Waals surface area contributed by atoms with Crippen LogP contribution in [0.1, 0.15) is 0 Å². The summed E-state index contributed by atoms with van der Waals surface area (Å²) in [7, 11) is -3.50. The highest BCUT2D eigenvalue weighted by atomic mass is 32.2. The summed E-state index contributed by atoms with van der Waals surface area (Å²) in [4.78, 5) is 2.54. The van der Waals surface area contributed by atoms with Gasteiger partial charge < -0.3 is 4.74 Å². The van der Waals surface area contributed by atoms with E-state index in [0.29, 0.717) is 18.0 Å². The maximum Gasteiger partial charge on any atom is 0.241 e. The van der Waals surface area contributed by atoms with Crippen LogP contribution >= 0.6 is 0 Å². The zero-order valence-electron chi connectivity index (χ0n) is 12.4. The van der Waals surface area contributed by atoms with Crippen molar-refractivity contribution >= 4 is 20.8 Å². The Bertz CT molecular complexity index is 735. The van der Waals surface area contributed by atoms with Crippen LogP contribution in [0.15, 0.2) is 47.4 Å².